The van der Waals surface area contributed by atoms with E-state index in [0.717, 1.165) is 0 Å². The number of nitrogens with zero attached hydrogens (tertiary/aromatic N) is 1. The Bertz CT molecular complexity index is 563. The Morgan fingerprint density at radius 3 is 2.32 bits per heavy atom. The molecule has 1 aromatic carbocycles. The Kier molecular flexibility index (Phi) is 4.94. The summed E-state index contributed by atoms with van der Waals surface area (Å²) < 4.78 is 24.3. The van der Waals surface area contributed by atoms with Crippen molar-refractivity contribution in [1.82, 2.24) is 4.90 Å². The Morgan fingerprint density at radius 2 is 1.84 bits per heavy atom. The standard InChI is InChI=1S/C13H20N2O3S/c1-4-15(5-2)13(16)9-19(17,18)11-6-7-12(14)10(3)8-11/h6-8H,4-5,9,14H2,1-3H3. The molecule has 5 nitrogen and oxygen atoms in total. The van der Waals surface area contributed by atoms with Gasteiger partial charge in [0.25, 0.3) is 0 Å². The van der Waals surface area contributed by atoms with Crippen LogP contribution in [0.3, 0.4) is 0 Å². The average Bonchev–Trinajstić information content (AvgIpc) is 2.33. The van der Waals surface area contributed by atoms with Crippen LogP contribution in [0.5, 0.6) is 0 Å². The zero-order chi connectivity index (χ0) is 14.6. The van der Waals surface area contributed by atoms with Gasteiger partial charge in [0.15, 0.2) is 9.84 Å². The highest BCUT2D eigenvalue weighted by molar-refractivity contribution is 7.92. The molecule has 106 valence electrons. The van der Waals surface area contributed by atoms with Crippen molar-refractivity contribution in [2.45, 2.75) is 25.7 Å². The Hall–Kier alpha value is -1.56. The molecular weight excluding hydrogens is 264 g/mol. The van der Waals surface area contributed by atoms with Crippen molar-refractivity contribution < 1.29 is 13.2 Å². The monoisotopic (exact) mass is 284 g/mol. The van der Waals surface area contributed by atoms with Crippen molar-refractivity contribution in [3.63, 3.8) is 0 Å². The lowest BCUT2D eigenvalue weighted by Gasteiger charge is -2.18. The molecule has 0 saturated heterocycles. The number of hydrogen-bond donors (Lipinski definition) is 1. The van der Waals surface area contributed by atoms with Crippen LogP contribution >= 0.6 is 0 Å². The second-order valence-electron chi connectivity index (χ2n) is 4.34. The van der Waals surface area contributed by atoms with Crippen molar-refractivity contribution in [3.8, 4) is 0 Å². The van der Waals surface area contributed by atoms with Gasteiger partial charge >= 0.3 is 0 Å². The van der Waals surface area contributed by atoms with Crippen LogP contribution < -0.4 is 5.73 Å². The van der Waals surface area contributed by atoms with E-state index in [1.165, 1.54) is 17.0 Å². The first-order valence-electron chi connectivity index (χ1n) is 6.18. The van der Waals surface area contributed by atoms with Crippen molar-refractivity contribution in [2.75, 3.05) is 24.6 Å². The van der Waals surface area contributed by atoms with Crippen LogP contribution in [0.25, 0.3) is 0 Å². The van der Waals surface area contributed by atoms with Crippen LogP contribution in [0.2, 0.25) is 0 Å². The van der Waals surface area contributed by atoms with E-state index in [2.05, 4.69) is 0 Å². The molecule has 0 aromatic heterocycles. The smallest absolute Gasteiger partial charge is 0.238 e. The molecule has 1 aromatic rings. The number of rotatable bonds is 5. The molecule has 2 N–H and O–H groups in total. The zero-order valence-corrected chi connectivity index (χ0v) is 12.3. The molecule has 0 aliphatic rings. The molecular formula is C13H20N2O3S. The lowest BCUT2D eigenvalue weighted by atomic mass is 10.2. The van der Waals surface area contributed by atoms with Crippen LogP contribution in [-0.2, 0) is 14.6 Å². The first-order valence-corrected chi connectivity index (χ1v) is 7.83. The summed E-state index contributed by atoms with van der Waals surface area (Å²) >= 11 is 0. The van der Waals surface area contributed by atoms with Gasteiger partial charge in [0.05, 0.1) is 4.90 Å². The minimum Gasteiger partial charge on any atom is -0.399 e. The first-order chi connectivity index (χ1) is 8.81. The molecule has 0 fully saturated rings. The van der Waals surface area contributed by atoms with Crippen molar-refractivity contribution in [1.29, 1.82) is 0 Å². The molecule has 0 radical (unpaired) electrons. The topological polar surface area (TPSA) is 80.5 Å². The van der Waals surface area contributed by atoms with Crippen LogP contribution in [0, 0.1) is 6.92 Å². The van der Waals surface area contributed by atoms with Gasteiger partial charge in [-0.1, -0.05) is 0 Å². The maximum Gasteiger partial charge on any atom is 0.238 e. The van der Waals surface area contributed by atoms with Gasteiger partial charge in [-0.2, -0.15) is 0 Å². The number of amides is 1. The molecule has 0 aliphatic heterocycles. The maximum atomic E-state index is 12.2. The quantitative estimate of drug-likeness (QED) is 0.824. The number of nitrogen functional groups attached to an aromatic ring is 1. The molecule has 0 spiro atoms. The number of nitrogens with two attached hydrogens (primary N) is 1. The van der Waals surface area contributed by atoms with Crippen molar-refractivity contribution >= 4 is 21.4 Å². The summed E-state index contributed by atoms with van der Waals surface area (Å²) in [5.41, 5.74) is 6.88. The summed E-state index contributed by atoms with van der Waals surface area (Å²) in [6.45, 7) is 6.39. The van der Waals surface area contributed by atoms with Crippen LogP contribution in [0.15, 0.2) is 23.1 Å². The fourth-order valence-corrected chi connectivity index (χ4v) is 3.06. The predicted molar refractivity (Wildman–Crippen MR) is 75.6 cm³/mol. The van der Waals surface area contributed by atoms with E-state index in [9.17, 15) is 13.2 Å². The van der Waals surface area contributed by atoms with Gasteiger partial charge in [0, 0.05) is 18.8 Å². The van der Waals surface area contributed by atoms with E-state index in [1.54, 1.807) is 13.0 Å². The number of sulfone groups is 1. The van der Waals surface area contributed by atoms with Crippen LogP contribution in [0.4, 0.5) is 5.69 Å². The van der Waals surface area contributed by atoms with E-state index in [0.29, 0.717) is 24.3 Å². The highest BCUT2D eigenvalue weighted by Crippen LogP contribution is 2.18. The fourth-order valence-electron chi connectivity index (χ4n) is 1.76. The van der Waals surface area contributed by atoms with Gasteiger partial charge in [0.1, 0.15) is 5.75 Å². The highest BCUT2D eigenvalue weighted by Gasteiger charge is 2.22. The Balaban J connectivity index is 2.98. The lowest BCUT2D eigenvalue weighted by Crippen LogP contribution is -2.35. The summed E-state index contributed by atoms with van der Waals surface area (Å²) in [5, 5.41) is 0. The van der Waals surface area contributed by atoms with Gasteiger partial charge in [-0.05, 0) is 44.5 Å². The second kappa shape index (κ2) is 6.06. The van der Waals surface area contributed by atoms with Gasteiger partial charge in [-0.25, -0.2) is 8.42 Å². The number of benzene rings is 1. The molecule has 0 heterocycles. The average molecular weight is 284 g/mol. The summed E-state index contributed by atoms with van der Waals surface area (Å²) in [6.07, 6.45) is 0. The molecule has 0 bridgehead atoms. The number of carbonyl (C=O) groups is 1. The summed E-state index contributed by atoms with van der Waals surface area (Å²) in [4.78, 5) is 13.5. The molecule has 0 atom stereocenters. The molecule has 0 saturated carbocycles. The highest BCUT2D eigenvalue weighted by atomic mass is 32.2. The molecule has 0 unspecified atom stereocenters. The van der Waals surface area contributed by atoms with E-state index >= 15 is 0 Å². The van der Waals surface area contributed by atoms with Gasteiger partial charge in [-0.15, -0.1) is 0 Å². The number of anilines is 1. The number of aryl methyl sites for hydroxylation is 1. The van der Waals surface area contributed by atoms with Crippen molar-refractivity contribution in [3.05, 3.63) is 23.8 Å². The SMILES string of the molecule is CCN(CC)C(=O)CS(=O)(=O)c1ccc(N)c(C)c1. The normalized spacial score (nSPS) is 11.3. The molecule has 0 aliphatic carbocycles. The Morgan fingerprint density at radius 1 is 1.26 bits per heavy atom. The fraction of sp³-hybridized carbons (Fsp3) is 0.462. The van der Waals surface area contributed by atoms with Gasteiger partial charge in [-0.3, -0.25) is 4.79 Å². The minimum absolute atomic E-state index is 0.139. The van der Waals surface area contributed by atoms with E-state index in [-0.39, 0.29) is 10.8 Å². The zero-order valence-electron chi connectivity index (χ0n) is 11.5. The summed E-state index contributed by atoms with van der Waals surface area (Å²) in [6, 6.07) is 4.48. The minimum atomic E-state index is -3.61. The maximum absolute atomic E-state index is 12.2. The van der Waals surface area contributed by atoms with Crippen LogP contribution in [0.1, 0.15) is 19.4 Å². The van der Waals surface area contributed by atoms with Gasteiger partial charge < -0.3 is 10.6 Å². The third kappa shape index (κ3) is 3.70. The first kappa shape index (κ1) is 15.5. The largest absolute Gasteiger partial charge is 0.399 e. The van der Waals surface area contributed by atoms with E-state index < -0.39 is 15.6 Å². The molecule has 1 amide bonds. The number of carbonyl (C=O) groups excluding carboxylic acids is 1. The van der Waals surface area contributed by atoms with E-state index in [4.69, 9.17) is 5.73 Å². The second-order valence-corrected chi connectivity index (χ2v) is 6.33. The molecule has 19 heavy (non-hydrogen) atoms. The molecule has 6 heteroatoms. The van der Waals surface area contributed by atoms with Crippen LogP contribution in [-0.4, -0.2) is 38.1 Å². The number of hydrogen-bond acceptors (Lipinski definition) is 4. The van der Waals surface area contributed by atoms with Gasteiger partial charge in [0.2, 0.25) is 5.91 Å². The van der Waals surface area contributed by atoms with E-state index in [1.807, 2.05) is 13.8 Å². The predicted octanol–water partition coefficient (Wildman–Crippen LogP) is 1.22. The van der Waals surface area contributed by atoms with Crippen molar-refractivity contribution in [2.24, 2.45) is 0 Å². The lowest BCUT2D eigenvalue weighted by molar-refractivity contribution is -0.128. The third-order valence-electron chi connectivity index (χ3n) is 3.03. The Labute approximate surface area is 114 Å². The summed E-state index contributed by atoms with van der Waals surface area (Å²) in [7, 11) is -3.61. The third-order valence-corrected chi connectivity index (χ3v) is 4.63. The summed E-state index contributed by atoms with van der Waals surface area (Å²) in [5.74, 6) is -0.877. The molecule has 1 rings (SSSR count).